The summed E-state index contributed by atoms with van der Waals surface area (Å²) in [6, 6.07) is 9.44. The number of benzene rings is 1. The molecule has 0 saturated carbocycles. The van der Waals surface area contributed by atoms with Crippen LogP contribution in [0.5, 0.6) is 0 Å². The van der Waals surface area contributed by atoms with Crippen molar-refractivity contribution in [3.8, 4) is 0 Å². The van der Waals surface area contributed by atoms with Crippen LogP contribution in [0.15, 0.2) is 30.5 Å². The highest BCUT2D eigenvalue weighted by molar-refractivity contribution is 5.26. The van der Waals surface area contributed by atoms with Gasteiger partial charge in [0.25, 0.3) is 0 Å². The van der Waals surface area contributed by atoms with Gasteiger partial charge >= 0.3 is 0 Å². The number of hydrogen-bond acceptors (Lipinski definition) is 4. The molecule has 0 radical (unpaired) electrons. The molecule has 0 bridgehead atoms. The average Bonchev–Trinajstić information content (AvgIpc) is 3.04. The number of aryl methyl sites for hydroxylation is 1. The van der Waals surface area contributed by atoms with E-state index in [1.807, 2.05) is 4.68 Å². The Morgan fingerprint density at radius 1 is 1.21 bits per heavy atom. The first-order valence-electron chi connectivity index (χ1n) is 8.92. The summed E-state index contributed by atoms with van der Waals surface area (Å²) in [5, 5.41) is 12.2. The Bertz CT molecular complexity index is 653. The molecule has 1 aliphatic rings. The lowest BCUT2D eigenvalue weighted by Gasteiger charge is -2.36. The number of piperazine rings is 1. The van der Waals surface area contributed by atoms with Crippen molar-refractivity contribution >= 4 is 0 Å². The van der Waals surface area contributed by atoms with Gasteiger partial charge in [0.15, 0.2) is 0 Å². The summed E-state index contributed by atoms with van der Waals surface area (Å²) < 4.78 is 1.95. The van der Waals surface area contributed by atoms with E-state index in [0.29, 0.717) is 6.04 Å². The van der Waals surface area contributed by atoms with Gasteiger partial charge in [-0.2, -0.15) is 0 Å². The number of hydrogen-bond donors (Lipinski definition) is 1. The maximum Gasteiger partial charge on any atom is 0.0967 e. The average molecular weight is 327 g/mol. The molecule has 1 N–H and O–H groups in total. The van der Waals surface area contributed by atoms with E-state index in [2.05, 4.69) is 78.7 Å². The smallest absolute Gasteiger partial charge is 0.0967 e. The van der Waals surface area contributed by atoms with Gasteiger partial charge in [0.05, 0.1) is 17.4 Å². The fourth-order valence-electron chi connectivity index (χ4n) is 3.15. The van der Waals surface area contributed by atoms with E-state index in [1.165, 1.54) is 11.1 Å². The maximum absolute atomic E-state index is 4.38. The third kappa shape index (κ3) is 3.84. The van der Waals surface area contributed by atoms with E-state index in [9.17, 15) is 0 Å². The summed E-state index contributed by atoms with van der Waals surface area (Å²) in [5.41, 5.74) is 3.79. The van der Waals surface area contributed by atoms with Crippen LogP contribution in [-0.4, -0.2) is 39.5 Å². The minimum atomic E-state index is -0.0237. The predicted octanol–water partition coefficient (Wildman–Crippen LogP) is 2.74. The molecule has 24 heavy (non-hydrogen) atoms. The third-order valence-electron chi connectivity index (χ3n) is 4.72. The highest BCUT2D eigenvalue weighted by atomic mass is 15.4. The molecule has 1 unspecified atom stereocenters. The molecule has 2 aromatic rings. The Labute approximate surface area is 145 Å². The summed E-state index contributed by atoms with van der Waals surface area (Å²) in [7, 11) is 0. The Hall–Kier alpha value is -1.72. The lowest BCUT2D eigenvalue weighted by molar-refractivity contribution is 0.152. The monoisotopic (exact) mass is 327 g/mol. The quantitative estimate of drug-likeness (QED) is 0.938. The van der Waals surface area contributed by atoms with E-state index >= 15 is 0 Å². The fourth-order valence-corrected chi connectivity index (χ4v) is 3.15. The second-order valence-electron chi connectivity index (χ2n) is 7.61. The minimum absolute atomic E-state index is 0.0237. The van der Waals surface area contributed by atoms with E-state index in [0.717, 1.165) is 38.3 Å². The van der Waals surface area contributed by atoms with Gasteiger partial charge in [-0.1, -0.05) is 36.4 Å². The molecule has 3 rings (SSSR count). The molecular weight excluding hydrogens is 298 g/mol. The van der Waals surface area contributed by atoms with Gasteiger partial charge in [-0.3, -0.25) is 4.90 Å². The Morgan fingerprint density at radius 2 is 1.96 bits per heavy atom. The zero-order valence-corrected chi connectivity index (χ0v) is 15.3. The first kappa shape index (κ1) is 17.1. The molecular formula is C19H29N5. The normalized spacial score (nSPS) is 19.6. The lowest BCUT2D eigenvalue weighted by Crippen LogP contribution is -2.45. The zero-order chi connectivity index (χ0) is 17.2. The molecule has 0 spiro atoms. The van der Waals surface area contributed by atoms with Crippen molar-refractivity contribution in [2.45, 2.75) is 52.2 Å². The SMILES string of the molecule is CCc1ccc(C2CNCCN2Cc2cn(C(C)(C)C)nn2)cc1. The Kier molecular flexibility index (Phi) is 5.01. The van der Waals surface area contributed by atoms with Gasteiger partial charge < -0.3 is 5.32 Å². The summed E-state index contributed by atoms with van der Waals surface area (Å²) in [5.74, 6) is 0. The number of nitrogens with zero attached hydrogens (tertiary/aromatic N) is 4. The molecule has 5 nitrogen and oxygen atoms in total. The summed E-state index contributed by atoms with van der Waals surface area (Å²) in [6.45, 7) is 12.5. The second-order valence-corrected chi connectivity index (χ2v) is 7.61. The van der Waals surface area contributed by atoms with Crippen molar-refractivity contribution in [3.05, 3.63) is 47.3 Å². The number of aromatic nitrogens is 3. The molecule has 0 amide bonds. The van der Waals surface area contributed by atoms with Crippen LogP contribution in [0.4, 0.5) is 0 Å². The van der Waals surface area contributed by atoms with E-state index in [4.69, 9.17) is 0 Å². The van der Waals surface area contributed by atoms with Crippen molar-refractivity contribution in [1.82, 2.24) is 25.2 Å². The van der Waals surface area contributed by atoms with Crippen molar-refractivity contribution < 1.29 is 0 Å². The van der Waals surface area contributed by atoms with E-state index in [1.54, 1.807) is 0 Å². The van der Waals surface area contributed by atoms with E-state index in [-0.39, 0.29) is 5.54 Å². The second kappa shape index (κ2) is 7.03. The van der Waals surface area contributed by atoms with Crippen LogP contribution >= 0.6 is 0 Å². The van der Waals surface area contributed by atoms with Gasteiger partial charge in [-0.05, 0) is 38.3 Å². The fraction of sp³-hybridized carbons (Fsp3) is 0.579. The largest absolute Gasteiger partial charge is 0.314 e. The molecule has 1 aromatic carbocycles. The summed E-state index contributed by atoms with van der Waals surface area (Å²) in [4.78, 5) is 2.51. The van der Waals surface area contributed by atoms with Crippen LogP contribution in [-0.2, 0) is 18.5 Å². The van der Waals surface area contributed by atoms with E-state index < -0.39 is 0 Å². The molecule has 1 aromatic heterocycles. The molecule has 5 heteroatoms. The van der Waals surface area contributed by atoms with Crippen LogP contribution in [0.3, 0.4) is 0 Å². The zero-order valence-electron chi connectivity index (χ0n) is 15.3. The number of nitrogens with one attached hydrogen (secondary N) is 1. The molecule has 1 saturated heterocycles. The molecule has 1 aliphatic heterocycles. The Morgan fingerprint density at radius 3 is 2.58 bits per heavy atom. The van der Waals surface area contributed by atoms with Crippen LogP contribution in [0.2, 0.25) is 0 Å². The van der Waals surface area contributed by atoms with Crippen LogP contribution in [0.25, 0.3) is 0 Å². The van der Waals surface area contributed by atoms with Crippen molar-refractivity contribution in [1.29, 1.82) is 0 Å². The van der Waals surface area contributed by atoms with Crippen LogP contribution in [0.1, 0.15) is 50.6 Å². The predicted molar refractivity (Wildman–Crippen MR) is 96.9 cm³/mol. The van der Waals surface area contributed by atoms with Crippen LogP contribution < -0.4 is 5.32 Å². The van der Waals surface area contributed by atoms with Crippen molar-refractivity contribution in [2.75, 3.05) is 19.6 Å². The van der Waals surface area contributed by atoms with Crippen LogP contribution in [0, 0.1) is 0 Å². The summed E-state index contributed by atoms with van der Waals surface area (Å²) in [6.07, 6.45) is 3.17. The topological polar surface area (TPSA) is 46.0 Å². The van der Waals surface area contributed by atoms with Gasteiger partial charge in [0.1, 0.15) is 0 Å². The standard InChI is InChI=1S/C19H29N5/c1-5-15-6-8-16(9-7-15)18-12-20-10-11-23(18)13-17-14-24(22-21-17)19(2,3)4/h6-9,14,18,20H,5,10-13H2,1-4H3. The highest BCUT2D eigenvalue weighted by Gasteiger charge is 2.25. The molecule has 130 valence electrons. The number of rotatable bonds is 4. The molecule has 1 atom stereocenters. The molecule has 2 heterocycles. The Balaban J connectivity index is 1.75. The van der Waals surface area contributed by atoms with Crippen molar-refractivity contribution in [3.63, 3.8) is 0 Å². The molecule has 1 fully saturated rings. The van der Waals surface area contributed by atoms with Gasteiger partial charge in [-0.25, -0.2) is 4.68 Å². The summed E-state index contributed by atoms with van der Waals surface area (Å²) >= 11 is 0. The van der Waals surface area contributed by atoms with Gasteiger partial charge in [0.2, 0.25) is 0 Å². The highest BCUT2D eigenvalue weighted by Crippen LogP contribution is 2.24. The first-order valence-corrected chi connectivity index (χ1v) is 8.92. The molecule has 0 aliphatic carbocycles. The third-order valence-corrected chi connectivity index (χ3v) is 4.72. The minimum Gasteiger partial charge on any atom is -0.314 e. The van der Waals surface area contributed by atoms with Crippen molar-refractivity contribution in [2.24, 2.45) is 0 Å². The maximum atomic E-state index is 4.38. The van der Waals surface area contributed by atoms with Gasteiger partial charge in [0, 0.05) is 32.2 Å². The lowest BCUT2D eigenvalue weighted by atomic mass is 10.0. The van der Waals surface area contributed by atoms with Gasteiger partial charge in [-0.15, -0.1) is 5.10 Å². The first-order chi connectivity index (χ1) is 11.5.